The molecule has 1 aromatic rings. The van der Waals surface area contributed by atoms with E-state index in [1.165, 1.54) is 11.8 Å². The fourth-order valence-electron chi connectivity index (χ4n) is 2.57. The minimum atomic E-state index is -0.535. The molecule has 1 aliphatic carbocycles. The number of Topliss-reactive ketones (excluding diaryl/α,β-unsaturated/α-hetero) is 1. The van der Waals surface area contributed by atoms with Gasteiger partial charge in [-0.25, -0.2) is 0 Å². The summed E-state index contributed by atoms with van der Waals surface area (Å²) >= 11 is 1.24. The second kappa shape index (κ2) is 3.88. The van der Waals surface area contributed by atoms with Crippen molar-refractivity contribution in [2.75, 3.05) is 5.75 Å². The molecular weight excluding hydrogens is 250 g/mol. The number of benzene rings is 1. The summed E-state index contributed by atoms with van der Waals surface area (Å²) < 4.78 is 0. The highest BCUT2D eigenvalue weighted by atomic mass is 32.2. The van der Waals surface area contributed by atoms with E-state index in [4.69, 9.17) is 5.73 Å². The first-order valence-electron chi connectivity index (χ1n) is 5.58. The van der Waals surface area contributed by atoms with Crippen LogP contribution in [0.3, 0.4) is 0 Å². The molecule has 0 fully saturated rings. The standard InChI is InChI=1S/C13H11NO3S/c14-13(17)12-11-7(9(16)5-18-12)4-6-2-1-3-8(15)10(6)11/h1-3,12,15H,4-5H2,(H2,14,17). The summed E-state index contributed by atoms with van der Waals surface area (Å²) in [7, 11) is 0. The zero-order valence-corrected chi connectivity index (χ0v) is 10.3. The topological polar surface area (TPSA) is 80.4 Å². The van der Waals surface area contributed by atoms with Gasteiger partial charge in [0.15, 0.2) is 5.78 Å². The van der Waals surface area contributed by atoms with Crippen LogP contribution in [0.5, 0.6) is 5.75 Å². The van der Waals surface area contributed by atoms with Gasteiger partial charge >= 0.3 is 0 Å². The third-order valence-corrected chi connectivity index (χ3v) is 4.56. The largest absolute Gasteiger partial charge is 0.507 e. The predicted octanol–water partition coefficient (Wildman–Crippen LogP) is 0.872. The lowest BCUT2D eigenvalue weighted by Crippen LogP contribution is -2.31. The van der Waals surface area contributed by atoms with Crippen molar-refractivity contribution >= 4 is 29.0 Å². The van der Waals surface area contributed by atoms with E-state index >= 15 is 0 Å². The van der Waals surface area contributed by atoms with Crippen molar-refractivity contribution < 1.29 is 14.7 Å². The summed E-state index contributed by atoms with van der Waals surface area (Å²) in [6.45, 7) is 0. The van der Waals surface area contributed by atoms with Crippen molar-refractivity contribution in [3.63, 3.8) is 0 Å². The average Bonchev–Trinajstić information content (AvgIpc) is 2.70. The molecule has 0 radical (unpaired) electrons. The van der Waals surface area contributed by atoms with Crippen molar-refractivity contribution in [2.24, 2.45) is 5.73 Å². The van der Waals surface area contributed by atoms with Crippen LogP contribution in [0.15, 0.2) is 23.8 Å². The first-order valence-corrected chi connectivity index (χ1v) is 6.63. The number of amides is 1. The van der Waals surface area contributed by atoms with E-state index in [1.807, 2.05) is 6.07 Å². The first-order chi connectivity index (χ1) is 8.59. The Labute approximate surface area is 108 Å². The molecule has 1 unspecified atom stereocenters. The number of carbonyl (C=O) groups is 2. The van der Waals surface area contributed by atoms with E-state index in [0.717, 1.165) is 5.56 Å². The molecule has 3 rings (SSSR count). The quantitative estimate of drug-likeness (QED) is 0.786. The number of phenolic OH excluding ortho intramolecular Hbond substituents is 1. The molecular formula is C13H11NO3S. The number of hydrogen-bond donors (Lipinski definition) is 2. The van der Waals surface area contributed by atoms with Crippen LogP contribution < -0.4 is 5.73 Å². The van der Waals surface area contributed by atoms with Crippen LogP contribution in [0.4, 0.5) is 0 Å². The highest BCUT2D eigenvalue weighted by molar-refractivity contribution is 8.01. The molecule has 1 heterocycles. The number of rotatable bonds is 1. The van der Waals surface area contributed by atoms with E-state index in [-0.39, 0.29) is 17.3 Å². The molecule has 1 aromatic carbocycles. The molecule has 1 aliphatic heterocycles. The Morgan fingerprint density at radius 1 is 1.44 bits per heavy atom. The number of allylic oxidation sites excluding steroid dienone is 1. The number of phenols is 1. The Balaban J connectivity index is 2.23. The van der Waals surface area contributed by atoms with Crippen molar-refractivity contribution in [1.82, 2.24) is 0 Å². The van der Waals surface area contributed by atoms with Gasteiger partial charge < -0.3 is 10.8 Å². The van der Waals surface area contributed by atoms with Gasteiger partial charge in [0.25, 0.3) is 0 Å². The molecule has 4 nitrogen and oxygen atoms in total. The lowest BCUT2D eigenvalue weighted by atomic mass is 9.99. The zero-order valence-electron chi connectivity index (χ0n) is 9.47. The zero-order chi connectivity index (χ0) is 12.9. The van der Waals surface area contributed by atoms with Crippen LogP contribution in [-0.2, 0) is 16.0 Å². The van der Waals surface area contributed by atoms with Gasteiger partial charge in [0, 0.05) is 17.6 Å². The number of hydrogen-bond acceptors (Lipinski definition) is 4. The highest BCUT2D eigenvalue weighted by Crippen LogP contribution is 2.46. The normalized spacial score (nSPS) is 21.8. The average molecular weight is 261 g/mol. The monoisotopic (exact) mass is 261 g/mol. The summed E-state index contributed by atoms with van der Waals surface area (Å²) in [6, 6.07) is 5.17. The maximum Gasteiger partial charge on any atom is 0.235 e. The highest BCUT2D eigenvalue weighted by Gasteiger charge is 2.39. The van der Waals surface area contributed by atoms with Crippen LogP contribution in [0.2, 0.25) is 0 Å². The number of carbonyl (C=O) groups excluding carboxylic acids is 2. The Morgan fingerprint density at radius 2 is 2.22 bits per heavy atom. The molecule has 0 spiro atoms. The van der Waals surface area contributed by atoms with E-state index in [1.54, 1.807) is 12.1 Å². The maximum absolute atomic E-state index is 11.9. The van der Waals surface area contributed by atoms with E-state index in [2.05, 4.69) is 0 Å². The van der Waals surface area contributed by atoms with Gasteiger partial charge in [-0.3, -0.25) is 9.59 Å². The van der Waals surface area contributed by atoms with E-state index in [9.17, 15) is 14.7 Å². The molecule has 2 aliphatic rings. The van der Waals surface area contributed by atoms with Crippen LogP contribution >= 0.6 is 11.8 Å². The summed E-state index contributed by atoms with van der Waals surface area (Å²) in [5.74, 6) is -0.0421. The lowest BCUT2D eigenvalue weighted by molar-refractivity contribution is -0.116. The van der Waals surface area contributed by atoms with Gasteiger partial charge in [0.1, 0.15) is 11.0 Å². The molecule has 18 heavy (non-hydrogen) atoms. The van der Waals surface area contributed by atoms with Gasteiger partial charge in [0.2, 0.25) is 5.91 Å². The Kier molecular flexibility index (Phi) is 2.45. The number of primary amides is 1. The SMILES string of the molecule is NC(=O)C1SCC(=O)C2=C1c1c(O)cccc1C2. The van der Waals surface area contributed by atoms with Crippen LogP contribution in [0.1, 0.15) is 11.1 Å². The molecule has 0 bridgehead atoms. The smallest absolute Gasteiger partial charge is 0.235 e. The number of fused-ring (bicyclic) bond motifs is 2. The van der Waals surface area contributed by atoms with Gasteiger partial charge in [-0.05, 0) is 17.2 Å². The van der Waals surface area contributed by atoms with E-state index < -0.39 is 11.2 Å². The summed E-state index contributed by atoms with van der Waals surface area (Å²) in [5.41, 5.74) is 8.16. The minimum Gasteiger partial charge on any atom is -0.507 e. The Hall–Kier alpha value is -1.75. The molecule has 5 heteroatoms. The summed E-state index contributed by atoms with van der Waals surface area (Å²) in [5, 5.41) is 9.41. The third kappa shape index (κ3) is 1.47. The molecule has 1 amide bonds. The molecule has 0 aromatic heterocycles. The van der Waals surface area contributed by atoms with Gasteiger partial charge in [0.05, 0.1) is 5.75 Å². The van der Waals surface area contributed by atoms with Crippen LogP contribution in [0, 0.1) is 0 Å². The van der Waals surface area contributed by atoms with Crippen molar-refractivity contribution in [1.29, 1.82) is 0 Å². The van der Waals surface area contributed by atoms with Crippen LogP contribution in [-0.4, -0.2) is 27.8 Å². The molecule has 3 N–H and O–H groups in total. The third-order valence-electron chi connectivity index (χ3n) is 3.33. The van der Waals surface area contributed by atoms with Gasteiger partial charge in [-0.1, -0.05) is 12.1 Å². The van der Waals surface area contributed by atoms with Gasteiger partial charge in [-0.2, -0.15) is 0 Å². The summed E-state index contributed by atoms with van der Waals surface area (Å²) in [6.07, 6.45) is 0.488. The Morgan fingerprint density at radius 3 is 2.94 bits per heavy atom. The Bertz CT molecular complexity index is 606. The fourth-order valence-corrected chi connectivity index (χ4v) is 3.66. The second-order valence-corrected chi connectivity index (χ2v) is 5.49. The van der Waals surface area contributed by atoms with Crippen molar-refractivity contribution in [2.45, 2.75) is 11.7 Å². The molecule has 0 saturated carbocycles. The first kappa shape index (κ1) is 11.3. The van der Waals surface area contributed by atoms with Crippen molar-refractivity contribution in [3.05, 3.63) is 34.9 Å². The number of aromatic hydroxyl groups is 1. The lowest BCUT2D eigenvalue weighted by Gasteiger charge is -2.21. The second-order valence-electron chi connectivity index (χ2n) is 4.40. The van der Waals surface area contributed by atoms with Gasteiger partial charge in [-0.15, -0.1) is 11.8 Å². The van der Waals surface area contributed by atoms with E-state index in [0.29, 0.717) is 23.1 Å². The number of nitrogens with two attached hydrogens (primary N) is 1. The molecule has 0 saturated heterocycles. The number of thioether (sulfide) groups is 1. The van der Waals surface area contributed by atoms with Crippen LogP contribution in [0.25, 0.3) is 5.57 Å². The molecule has 92 valence electrons. The molecule has 1 atom stereocenters. The minimum absolute atomic E-state index is 0.0306. The fraction of sp³-hybridized carbons (Fsp3) is 0.231. The number of ketones is 1. The van der Waals surface area contributed by atoms with Crippen molar-refractivity contribution in [3.8, 4) is 5.75 Å². The summed E-state index contributed by atoms with van der Waals surface area (Å²) in [4.78, 5) is 23.4. The predicted molar refractivity (Wildman–Crippen MR) is 69.2 cm³/mol. The maximum atomic E-state index is 11.9.